The highest BCUT2D eigenvalue weighted by Crippen LogP contribution is 2.20. The van der Waals surface area contributed by atoms with Crippen LogP contribution in [0.5, 0.6) is 0 Å². The number of halogens is 1. The van der Waals surface area contributed by atoms with Crippen molar-refractivity contribution < 1.29 is 13.9 Å². The summed E-state index contributed by atoms with van der Waals surface area (Å²) in [5.74, 6) is 0.308. The first kappa shape index (κ1) is 15.1. The number of carbonyl (C=O) groups is 1. The van der Waals surface area contributed by atoms with E-state index in [1.165, 1.54) is 6.26 Å². The van der Waals surface area contributed by atoms with Gasteiger partial charge in [0.05, 0.1) is 19.0 Å². The fourth-order valence-electron chi connectivity index (χ4n) is 2.64. The molecule has 2 aromatic rings. The summed E-state index contributed by atoms with van der Waals surface area (Å²) in [7, 11) is 0. The number of ether oxygens (including phenoxy) is 1. The maximum Gasteiger partial charge on any atom is 0.289 e. The van der Waals surface area contributed by atoms with Crippen molar-refractivity contribution >= 4 is 17.5 Å². The number of piperidine rings is 1. The Morgan fingerprint density at radius 3 is 2.95 bits per heavy atom. The van der Waals surface area contributed by atoms with Crippen LogP contribution in [-0.2, 0) is 11.3 Å². The Kier molecular flexibility index (Phi) is 4.80. The van der Waals surface area contributed by atoms with E-state index in [0.717, 1.165) is 24.9 Å². The lowest BCUT2D eigenvalue weighted by molar-refractivity contribution is -0.00751. The van der Waals surface area contributed by atoms with Crippen LogP contribution in [0.15, 0.2) is 47.1 Å². The van der Waals surface area contributed by atoms with Gasteiger partial charge in [-0.2, -0.15) is 0 Å². The van der Waals surface area contributed by atoms with Crippen LogP contribution in [0.1, 0.15) is 29.0 Å². The number of amides is 1. The number of rotatable bonds is 4. The average Bonchev–Trinajstić information content (AvgIpc) is 3.08. The molecule has 0 bridgehead atoms. The average molecular weight is 320 g/mol. The number of carbonyl (C=O) groups excluding carboxylic acids is 1. The van der Waals surface area contributed by atoms with Gasteiger partial charge in [0, 0.05) is 18.1 Å². The summed E-state index contributed by atoms with van der Waals surface area (Å²) in [5, 5.41) is 0.710. The van der Waals surface area contributed by atoms with E-state index < -0.39 is 0 Å². The number of hydrogen-bond acceptors (Lipinski definition) is 3. The SMILES string of the molecule is O=C(c1ccco1)N1CCCC(OCc2ccccc2Cl)C1. The second kappa shape index (κ2) is 6.99. The number of likely N-dealkylation sites (tertiary alicyclic amines) is 1. The smallest absolute Gasteiger partial charge is 0.289 e. The fraction of sp³-hybridized carbons (Fsp3) is 0.353. The number of furan rings is 1. The van der Waals surface area contributed by atoms with E-state index in [0.29, 0.717) is 23.9 Å². The molecule has 0 saturated carbocycles. The van der Waals surface area contributed by atoms with E-state index in [9.17, 15) is 4.79 Å². The second-order valence-electron chi connectivity index (χ2n) is 5.40. The van der Waals surface area contributed by atoms with E-state index in [4.69, 9.17) is 20.8 Å². The van der Waals surface area contributed by atoms with E-state index in [1.54, 1.807) is 17.0 Å². The first-order valence-corrected chi connectivity index (χ1v) is 7.79. The number of nitrogens with zero attached hydrogens (tertiary/aromatic N) is 1. The highest BCUT2D eigenvalue weighted by molar-refractivity contribution is 6.31. The van der Waals surface area contributed by atoms with Crippen molar-refractivity contribution in [2.45, 2.75) is 25.6 Å². The van der Waals surface area contributed by atoms with E-state index >= 15 is 0 Å². The lowest BCUT2D eigenvalue weighted by Crippen LogP contribution is -2.43. The van der Waals surface area contributed by atoms with Gasteiger partial charge in [-0.25, -0.2) is 0 Å². The minimum atomic E-state index is -0.0731. The van der Waals surface area contributed by atoms with Crippen LogP contribution in [0.25, 0.3) is 0 Å². The topological polar surface area (TPSA) is 42.7 Å². The molecule has 1 saturated heterocycles. The fourth-order valence-corrected chi connectivity index (χ4v) is 2.83. The van der Waals surface area contributed by atoms with Crippen molar-refractivity contribution in [3.05, 3.63) is 59.0 Å². The Bertz CT molecular complexity index is 627. The first-order valence-electron chi connectivity index (χ1n) is 7.42. The van der Waals surface area contributed by atoms with Crippen molar-refractivity contribution in [1.29, 1.82) is 0 Å². The van der Waals surface area contributed by atoms with Gasteiger partial charge < -0.3 is 14.1 Å². The Labute approximate surface area is 134 Å². The Morgan fingerprint density at radius 1 is 1.32 bits per heavy atom. The van der Waals surface area contributed by atoms with Crippen molar-refractivity contribution in [2.24, 2.45) is 0 Å². The maximum absolute atomic E-state index is 12.3. The van der Waals surface area contributed by atoms with Gasteiger partial charge in [0.1, 0.15) is 0 Å². The zero-order valence-electron chi connectivity index (χ0n) is 12.2. The maximum atomic E-state index is 12.3. The molecule has 1 aromatic carbocycles. The predicted octanol–water partition coefficient (Wildman–Crippen LogP) is 3.75. The zero-order valence-corrected chi connectivity index (χ0v) is 13.0. The van der Waals surface area contributed by atoms with Gasteiger partial charge in [-0.3, -0.25) is 4.79 Å². The molecule has 22 heavy (non-hydrogen) atoms. The van der Waals surface area contributed by atoms with Gasteiger partial charge in [-0.05, 0) is 36.6 Å². The van der Waals surface area contributed by atoms with Crippen LogP contribution in [0.3, 0.4) is 0 Å². The summed E-state index contributed by atoms with van der Waals surface area (Å²) >= 11 is 6.13. The summed E-state index contributed by atoms with van der Waals surface area (Å²) in [4.78, 5) is 14.1. The third-order valence-corrected chi connectivity index (χ3v) is 4.20. The van der Waals surface area contributed by atoms with Gasteiger partial charge in [0.15, 0.2) is 5.76 Å². The van der Waals surface area contributed by atoms with Crippen LogP contribution >= 0.6 is 11.6 Å². The van der Waals surface area contributed by atoms with E-state index in [2.05, 4.69) is 0 Å². The molecule has 1 atom stereocenters. The van der Waals surface area contributed by atoms with Crippen molar-refractivity contribution in [3.8, 4) is 0 Å². The molecule has 0 spiro atoms. The van der Waals surface area contributed by atoms with Crippen molar-refractivity contribution in [1.82, 2.24) is 4.90 Å². The molecule has 1 unspecified atom stereocenters. The molecule has 1 amide bonds. The second-order valence-corrected chi connectivity index (χ2v) is 5.80. The van der Waals surface area contributed by atoms with Gasteiger partial charge in [0.2, 0.25) is 0 Å². The highest BCUT2D eigenvalue weighted by Gasteiger charge is 2.26. The Morgan fingerprint density at radius 2 is 2.18 bits per heavy atom. The zero-order chi connectivity index (χ0) is 15.4. The van der Waals surface area contributed by atoms with Crippen LogP contribution in [0.2, 0.25) is 5.02 Å². The molecule has 2 heterocycles. The van der Waals surface area contributed by atoms with E-state index in [-0.39, 0.29) is 12.0 Å². The molecule has 3 rings (SSSR count). The van der Waals surface area contributed by atoms with Crippen LogP contribution < -0.4 is 0 Å². The Balaban J connectivity index is 1.57. The van der Waals surface area contributed by atoms with Gasteiger partial charge >= 0.3 is 0 Å². The molecule has 0 radical (unpaired) electrons. The summed E-state index contributed by atoms with van der Waals surface area (Å²) < 4.78 is 11.1. The molecule has 1 aliphatic rings. The molecule has 0 N–H and O–H groups in total. The molecule has 5 heteroatoms. The van der Waals surface area contributed by atoms with Crippen molar-refractivity contribution in [3.63, 3.8) is 0 Å². The van der Waals surface area contributed by atoms with Gasteiger partial charge in [0.25, 0.3) is 5.91 Å². The lowest BCUT2D eigenvalue weighted by Gasteiger charge is -2.32. The monoisotopic (exact) mass is 319 g/mol. The highest BCUT2D eigenvalue weighted by atomic mass is 35.5. The molecule has 1 aromatic heterocycles. The largest absolute Gasteiger partial charge is 0.459 e. The first-order chi connectivity index (χ1) is 10.7. The standard InChI is InChI=1S/C17H18ClNO3/c18-15-7-2-1-5-13(15)12-22-14-6-3-9-19(11-14)17(20)16-8-4-10-21-16/h1-2,4-5,7-8,10,14H,3,6,9,11-12H2. The summed E-state index contributed by atoms with van der Waals surface area (Å²) in [5.41, 5.74) is 0.971. The molecule has 4 nitrogen and oxygen atoms in total. The normalized spacial score (nSPS) is 18.4. The van der Waals surface area contributed by atoms with Gasteiger partial charge in [-0.1, -0.05) is 29.8 Å². The van der Waals surface area contributed by atoms with Crippen LogP contribution in [0, 0.1) is 0 Å². The quantitative estimate of drug-likeness (QED) is 0.862. The van der Waals surface area contributed by atoms with E-state index in [1.807, 2.05) is 24.3 Å². The van der Waals surface area contributed by atoms with Gasteiger partial charge in [-0.15, -0.1) is 0 Å². The van der Waals surface area contributed by atoms with Crippen LogP contribution in [-0.4, -0.2) is 30.0 Å². The number of hydrogen-bond donors (Lipinski definition) is 0. The molecule has 1 fully saturated rings. The minimum Gasteiger partial charge on any atom is -0.459 e. The minimum absolute atomic E-state index is 0.0314. The summed E-state index contributed by atoms with van der Waals surface area (Å²) in [6.07, 6.45) is 3.43. The third kappa shape index (κ3) is 3.51. The lowest BCUT2D eigenvalue weighted by atomic mass is 10.1. The Hall–Kier alpha value is -1.78. The molecule has 1 aliphatic heterocycles. The summed E-state index contributed by atoms with van der Waals surface area (Å²) in [6, 6.07) is 11.1. The van der Waals surface area contributed by atoms with Crippen LogP contribution in [0.4, 0.5) is 0 Å². The molecule has 116 valence electrons. The molecular weight excluding hydrogens is 302 g/mol. The predicted molar refractivity (Wildman–Crippen MR) is 83.9 cm³/mol. The summed E-state index contributed by atoms with van der Waals surface area (Å²) in [6.45, 7) is 1.79. The third-order valence-electron chi connectivity index (χ3n) is 3.83. The molecular formula is C17H18ClNO3. The number of benzene rings is 1. The molecule has 0 aliphatic carbocycles. The van der Waals surface area contributed by atoms with Crippen molar-refractivity contribution in [2.75, 3.05) is 13.1 Å².